The predicted octanol–water partition coefficient (Wildman–Crippen LogP) is 2.84. The maximum absolute atomic E-state index is 11.5. The number of nitrogens with zero attached hydrogens (tertiary/aromatic N) is 1. The van der Waals surface area contributed by atoms with Gasteiger partial charge in [0.15, 0.2) is 6.61 Å². The Hall–Kier alpha value is -1.59. The second-order valence-electron chi connectivity index (χ2n) is 4.12. The van der Waals surface area contributed by atoms with Crippen LogP contribution in [0.4, 0.5) is 0 Å². The zero-order valence-electron chi connectivity index (χ0n) is 11.1. The van der Waals surface area contributed by atoms with Gasteiger partial charge in [0.1, 0.15) is 11.5 Å². The summed E-state index contributed by atoms with van der Waals surface area (Å²) in [5.74, 6) is -0.112. The molecule has 0 aliphatic heterocycles. The molecule has 0 spiro atoms. The van der Waals surface area contributed by atoms with Crippen molar-refractivity contribution in [1.29, 1.82) is 0 Å². The number of ketones is 1. The van der Waals surface area contributed by atoms with Crippen molar-refractivity contribution in [1.82, 2.24) is 5.43 Å². The molecule has 1 aromatic carbocycles. The summed E-state index contributed by atoms with van der Waals surface area (Å²) in [6.45, 7) is 2.86. The summed E-state index contributed by atoms with van der Waals surface area (Å²) in [6.07, 6.45) is 0.199. The van der Waals surface area contributed by atoms with Crippen LogP contribution in [0.25, 0.3) is 0 Å². The first-order valence-electron chi connectivity index (χ1n) is 5.77. The van der Waals surface area contributed by atoms with Crippen molar-refractivity contribution in [3.05, 3.63) is 28.2 Å². The third-order valence-corrected chi connectivity index (χ3v) is 2.66. The normalized spacial score (nSPS) is 11.1. The molecule has 0 aliphatic carbocycles. The summed E-state index contributed by atoms with van der Waals surface area (Å²) in [5, 5.41) is 4.58. The molecule has 0 fully saturated rings. The van der Waals surface area contributed by atoms with Crippen LogP contribution in [0.2, 0.25) is 10.0 Å². The summed E-state index contributed by atoms with van der Waals surface area (Å²) in [6, 6.07) is 4.70. The summed E-state index contributed by atoms with van der Waals surface area (Å²) in [7, 11) is 0. The average Bonchev–Trinajstić information content (AvgIpc) is 2.34. The SMILES string of the molecule is CC(=O)C/C(C)=N\NC(=O)COc1ccc(Cl)cc1Cl. The first kappa shape index (κ1) is 16.5. The number of hydrogen-bond donors (Lipinski definition) is 1. The molecule has 0 radical (unpaired) electrons. The fourth-order valence-electron chi connectivity index (χ4n) is 1.33. The number of nitrogens with one attached hydrogen (secondary N) is 1. The van der Waals surface area contributed by atoms with Crippen molar-refractivity contribution < 1.29 is 14.3 Å². The van der Waals surface area contributed by atoms with Crippen molar-refractivity contribution in [3.8, 4) is 5.75 Å². The molecule has 7 heteroatoms. The van der Waals surface area contributed by atoms with Crippen molar-refractivity contribution in [2.75, 3.05) is 6.61 Å². The lowest BCUT2D eigenvalue weighted by Crippen LogP contribution is -2.25. The second kappa shape index (κ2) is 7.87. The Labute approximate surface area is 126 Å². The Bertz CT molecular complexity index is 544. The summed E-state index contributed by atoms with van der Waals surface area (Å²) in [4.78, 5) is 22.3. The molecule has 0 atom stereocenters. The van der Waals surface area contributed by atoms with Crippen molar-refractivity contribution in [2.45, 2.75) is 20.3 Å². The first-order chi connectivity index (χ1) is 9.38. The Morgan fingerprint density at radius 1 is 1.30 bits per heavy atom. The lowest BCUT2D eigenvalue weighted by molar-refractivity contribution is -0.123. The number of benzene rings is 1. The van der Waals surface area contributed by atoms with Gasteiger partial charge in [0, 0.05) is 17.2 Å². The van der Waals surface area contributed by atoms with E-state index in [1.807, 2.05) is 0 Å². The van der Waals surface area contributed by atoms with E-state index >= 15 is 0 Å². The minimum absolute atomic E-state index is 0.0234. The predicted molar refractivity (Wildman–Crippen MR) is 78.5 cm³/mol. The van der Waals surface area contributed by atoms with E-state index in [1.54, 1.807) is 19.1 Å². The highest BCUT2D eigenvalue weighted by Crippen LogP contribution is 2.27. The number of carbonyl (C=O) groups excluding carboxylic acids is 2. The quantitative estimate of drug-likeness (QED) is 0.648. The lowest BCUT2D eigenvalue weighted by atomic mass is 10.2. The Morgan fingerprint density at radius 3 is 2.60 bits per heavy atom. The molecule has 0 aliphatic rings. The molecule has 1 N–H and O–H groups in total. The van der Waals surface area contributed by atoms with Gasteiger partial charge in [-0.2, -0.15) is 5.10 Å². The van der Waals surface area contributed by atoms with Gasteiger partial charge >= 0.3 is 0 Å². The number of hydrogen-bond acceptors (Lipinski definition) is 4. The van der Waals surface area contributed by atoms with Crippen LogP contribution in [0.1, 0.15) is 20.3 Å². The number of amides is 1. The van der Waals surface area contributed by atoms with Gasteiger partial charge in [-0.05, 0) is 32.0 Å². The molecule has 0 saturated heterocycles. The van der Waals surface area contributed by atoms with Crippen LogP contribution in [0.15, 0.2) is 23.3 Å². The summed E-state index contributed by atoms with van der Waals surface area (Å²) in [5.41, 5.74) is 2.82. The molecule has 1 amide bonds. The molecule has 1 rings (SSSR count). The van der Waals surface area contributed by atoms with Gasteiger partial charge in [0.25, 0.3) is 5.91 Å². The number of halogens is 2. The maximum Gasteiger partial charge on any atom is 0.277 e. The van der Waals surface area contributed by atoms with Crippen LogP contribution < -0.4 is 10.2 Å². The molecule has 5 nitrogen and oxygen atoms in total. The second-order valence-corrected chi connectivity index (χ2v) is 4.97. The Morgan fingerprint density at radius 2 is 2.00 bits per heavy atom. The van der Waals surface area contributed by atoms with E-state index in [1.165, 1.54) is 13.0 Å². The fraction of sp³-hybridized carbons (Fsp3) is 0.308. The molecule has 0 bridgehead atoms. The van der Waals surface area contributed by atoms with Crippen molar-refractivity contribution in [3.63, 3.8) is 0 Å². The van der Waals surface area contributed by atoms with Gasteiger partial charge in [-0.3, -0.25) is 9.59 Å². The van der Waals surface area contributed by atoms with Gasteiger partial charge in [-0.15, -0.1) is 0 Å². The standard InChI is InChI=1S/C13H14Cl2N2O3/c1-8(5-9(2)18)16-17-13(19)7-20-12-4-3-10(14)6-11(12)15/h3-4,6H,5,7H2,1-2H3,(H,17,19)/b16-8-. The fourth-order valence-corrected chi connectivity index (χ4v) is 1.79. The molecule has 108 valence electrons. The third kappa shape index (κ3) is 6.04. The van der Waals surface area contributed by atoms with E-state index in [-0.39, 0.29) is 18.8 Å². The van der Waals surface area contributed by atoms with E-state index in [0.717, 1.165) is 0 Å². The van der Waals surface area contributed by atoms with E-state index in [4.69, 9.17) is 27.9 Å². The Kier molecular flexibility index (Phi) is 6.48. The summed E-state index contributed by atoms with van der Waals surface area (Å²) >= 11 is 11.6. The number of carbonyl (C=O) groups is 2. The van der Waals surface area contributed by atoms with Gasteiger partial charge < -0.3 is 4.74 Å². The smallest absolute Gasteiger partial charge is 0.277 e. The molecular weight excluding hydrogens is 303 g/mol. The highest BCUT2D eigenvalue weighted by Gasteiger charge is 2.06. The largest absolute Gasteiger partial charge is 0.482 e. The van der Waals surface area contributed by atoms with Gasteiger partial charge in [0.2, 0.25) is 0 Å². The Balaban J connectivity index is 2.45. The molecular formula is C13H14Cl2N2O3. The van der Waals surface area contributed by atoms with Crippen molar-refractivity contribution in [2.24, 2.45) is 5.10 Å². The molecule has 0 heterocycles. The monoisotopic (exact) mass is 316 g/mol. The average molecular weight is 317 g/mol. The van der Waals surface area contributed by atoms with Crippen LogP contribution in [0.5, 0.6) is 5.75 Å². The zero-order chi connectivity index (χ0) is 15.1. The van der Waals surface area contributed by atoms with Crippen LogP contribution >= 0.6 is 23.2 Å². The van der Waals surface area contributed by atoms with E-state index in [2.05, 4.69) is 10.5 Å². The van der Waals surface area contributed by atoms with E-state index in [0.29, 0.717) is 21.5 Å². The highest BCUT2D eigenvalue weighted by molar-refractivity contribution is 6.35. The van der Waals surface area contributed by atoms with Crippen LogP contribution in [0.3, 0.4) is 0 Å². The van der Waals surface area contributed by atoms with Crippen LogP contribution in [0, 0.1) is 0 Å². The van der Waals surface area contributed by atoms with Crippen LogP contribution in [-0.2, 0) is 9.59 Å². The molecule has 0 aromatic heterocycles. The lowest BCUT2D eigenvalue weighted by Gasteiger charge is -2.07. The molecule has 20 heavy (non-hydrogen) atoms. The molecule has 0 unspecified atom stereocenters. The minimum atomic E-state index is -0.445. The third-order valence-electron chi connectivity index (χ3n) is 2.13. The zero-order valence-corrected chi connectivity index (χ0v) is 12.6. The highest BCUT2D eigenvalue weighted by atomic mass is 35.5. The van der Waals surface area contributed by atoms with Crippen molar-refractivity contribution >= 4 is 40.6 Å². The first-order valence-corrected chi connectivity index (χ1v) is 6.53. The maximum atomic E-state index is 11.5. The van der Waals surface area contributed by atoms with Crippen LogP contribution in [-0.4, -0.2) is 24.0 Å². The molecule has 0 saturated carbocycles. The van der Waals surface area contributed by atoms with E-state index < -0.39 is 5.91 Å². The topological polar surface area (TPSA) is 67.8 Å². The minimum Gasteiger partial charge on any atom is -0.482 e. The number of ether oxygens (including phenoxy) is 1. The number of Topliss-reactive ketones (excluding diaryl/α,β-unsaturated/α-hetero) is 1. The molecule has 1 aromatic rings. The summed E-state index contributed by atoms with van der Waals surface area (Å²) < 4.78 is 5.23. The number of hydrazone groups is 1. The van der Waals surface area contributed by atoms with E-state index in [9.17, 15) is 9.59 Å². The van der Waals surface area contributed by atoms with Gasteiger partial charge in [-0.25, -0.2) is 5.43 Å². The number of rotatable bonds is 6. The van der Waals surface area contributed by atoms with Gasteiger partial charge in [0.05, 0.1) is 5.02 Å². The van der Waals surface area contributed by atoms with Gasteiger partial charge in [-0.1, -0.05) is 23.2 Å².